The molecule has 6 heteroatoms. The number of benzene rings is 1. The fourth-order valence-corrected chi connectivity index (χ4v) is 2.78. The van der Waals surface area contributed by atoms with Gasteiger partial charge in [-0.15, -0.1) is 0 Å². The predicted octanol–water partition coefficient (Wildman–Crippen LogP) is 2.54. The summed E-state index contributed by atoms with van der Waals surface area (Å²) in [7, 11) is 0. The number of piperidine rings is 1. The number of furan rings is 1. The molecule has 1 N–H and O–H groups in total. The van der Waals surface area contributed by atoms with Crippen molar-refractivity contribution in [3.63, 3.8) is 0 Å². The molecular weight excluding hydrogens is 311 g/mol. The van der Waals surface area contributed by atoms with Crippen LogP contribution in [-0.2, 0) is 11.3 Å². The molecule has 1 fully saturated rings. The van der Waals surface area contributed by atoms with Gasteiger partial charge in [-0.05, 0) is 17.7 Å². The monoisotopic (exact) mass is 330 g/mol. The number of rotatable bonds is 4. The lowest BCUT2D eigenvalue weighted by atomic mass is 9.92. The molecule has 1 aromatic carbocycles. The zero-order chi connectivity index (χ0) is 17.0. The molecule has 0 saturated carbocycles. The second-order valence-electron chi connectivity index (χ2n) is 5.90. The van der Waals surface area contributed by atoms with Crippen molar-refractivity contribution >= 4 is 11.8 Å². The Kier molecular flexibility index (Phi) is 4.64. The number of hydrogen-bond acceptors (Lipinski definition) is 3. The lowest BCUT2D eigenvalue weighted by molar-refractivity contribution is -0.135. The number of hydrogen-bond donors (Lipinski definition) is 1. The summed E-state index contributed by atoms with van der Waals surface area (Å²) in [6.07, 6.45) is 1.40. The molecule has 0 bridgehead atoms. The molecule has 2 aromatic rings. The van der Waals surface area contributed by atoms with Crippen molar-refractivity contribution in [3.05, 3.63) is 60.1 Å². The number of amides is 2. The second-order valence-corrected chi connectivity index (χ2v) is 5.90. The Bertz CT molecular complexity index is 692. The topological polar surface area (TPSA) is 62.6 Å². The molecule has 2 amide bonds. The lowest BCUT2D eigenvalue weighted by Crippen LogP contribution is -2.52. The fourth-order valence-electron chi connectivity index (χ4n) is 2.78. The molecule has 1 aliphatic heterocycles. The molecule has 126 valence electrons. The van der Waals surface area contributed by atoms with Gasteiger partial charge in [0.25, 0.3) is 11.8 Å². The van der Waals surface area contributed by atoms with Crippen LogP contribution >= 0.6 is 0 Å². The van der Waals surface area contributed by atoms with Crippen molar-refractivity contribution in [2.45, 2.75) is 25.1 Å². The third kappa shape index (κ3) is 3.48. The summed E-state index contributed by atoms with van der Waals surface area (Å²) < 4.78 is 19.9. The number of likely N-dealkylation sites (tertiary alicyclic amines) is 1. The molecule has 1 saturated heterocycles. The van der Waals surface area contributed by atoms with Crippen LogP contribution in [0.25, 0.3) is 0 Å². The van der Waals surface area contributed by atoms with E-state index >= 15 is 0 Å². The van der Waals surface area contributed by atoms with Gasteiger partial charge in [0.05, 0.1) is 6.26 Å². The van der Waals surface area contributed by atoms with Gasteiger partial charge in [0, 0.05) is 32.5 Å². The molecule has 3 rings (SSSR count). The maximum atomic E-state index is 14.9. The van der Waals surface area contributed by atoms with Gasteiger partial charge >= 0.3 is 0 Å². The summed E-state index contributed by atoms with van der Waals surface area (Å²) in [6.45, 7) is 0.671. The minimum absolute atomic E-state index is 0.0138. The Hall–Kier alpha value is -2.63. The van der Waals surface area contributed by atoms with Crippen molar-refractivity contribution in [1.29, 1.82) is 0 Å². The van der Waals surface area contributed by atoms with E-state index in [1.807, 2.05) is 30.3 Å². The van der Waals surface area contributed by atoms with E-state index in [0.29, 0.717) is 6.54 Å². The number of carbonyl (C=O) groups excluding carboxylic acids is 2. The Morgan fingerprint density at radius 1 is 1.12 bits per heavy atom. The van der Waals surface area contributed by atoms with Crippen LogP contribution in [0.3, 0.4) is 0 Å². The third-order valence-corrected chi connectivity index (χ3v) is 4.28. The van der Waals surface area contributed by atoms with Crippen LogP contribution < -0.4 is 5.32 Å². The van der Waals surface area contributed by atoms with E-state index in [0.717, 1.165) is 5.56 Å². The van der Waals surface area contributed by atoms with Gasteiger partial charge in [0.2, 0.25) is 0 Å². The van der Waals surface area contributed by atoms with Crippen molar-refractivity contribution in [2.24, 2.45) is 0 Å². The first-order valence-electron chi connectivity index (χ1n) is 7.92. The summed E-state index contributed by atoms with van der Waals surface area (Å²) in [4.78, 5) is 25.9. The van der Waals surface area contributed by atoms with E-state index in [1.54, 1.807) is 12.1 Å². The van der Waals surface area contributed by atoms with E-state index in [2.05, 4.69) is 5.32 Å². The summed E-state index contributed by atoms with van der Waals surface area (Å²) in [5.74, 6) is -0.655. The zero-order valence-corrected chi connectivity index (χ0v) is 13.2. The standard InChI is InChI=1S/C18H19FN2O3/c19-18(17(23)20-13-14-5-2-1-3-6-14)8-10-21(11-9-18)16(22)15-7-4-12-24-15/h1-7,12H,8-11,13H2,(H,20,23). The number of halogens is 1. The molecule has 24 heavy (non-hydrogen) atoms. The van der Waals surface area contributed by atoms with Gasteiger partial charge in [-0.2, -0.15) is 0 Å². The normalized spacial score (nSPS) is 16.6. The van der Waals surface area contributed by atoms with Crippen LogP contribution in [-0.4, -0.2) is 35.5 Å². The number of nitrogens with one attached hydrogen (secondary N) is 1. The van der Waals surface area contributed by atoms with Gasteiger partial charge in [-0.1, -0.05) is 30.3 Å². The molecule has 2 heterocycles. The van der Waals surface area contributed by atoms with E-state index in [-0.39, 0.29) is 37.6 Å². The molecule has 0 aliphatic carbocycles. The first-order valence-corrected chi connectivity index (χ1v) is 7.92. The van der Waals surface area contributed by atoms with E-state index in [1.165, 1.54) is 11.2 Å². The average molecular weight is 330 g/mol. The predicted molar refractivity (Wildman–Crippen MR) is 86.0 cm³/mol. The summed E-state index contributed by atoms with van der Waals surface area (Å²) in [6, 6.07) is 12.6. The molecule has 1 aliphatic rings. The van der Waals surface area contributed by atoms with Crippen LogP contribution in [0.15, 0.2) is 53.1 Å². The van der Waals surface area contributed by atoms with Crippen LogP contribution in [0, 0.1) is 0 Å². The number of carbonyl (C=O) groups is 2. The summed E-state index contributed by atoms with van der Waals surface area (Å²) >= 11 is 0. The second kappa shape index (κ2) is 6.86. The number of alkyl halides is 1. The summed E-state index contributed by atoms with van der Waals surface area (Å²) in [5, 5.41) is 2.64. The Balaban J connectivity index is 1.54. The highest BCUT2D eigenvalue weighted by atomic mass is 19.1. The van der Waals surface area contributed by atoms with Crippen LogP contribution in [0.4, 0.5) is 4.39 Å². The molecule has 1 aromatic heterocycles. The van der Waals surface area contributed by atoms with Crippen molar-refractivity contribution in [1.82, 2.24) is 10.2 Å². The first kappa shape index (κ1) is 16.2. The Morgan fingerprint density at radius 3 is 2.46 bits per heavy atom. The average Bonchev–Trinajstić information content (AvgIpc) is 3.15. The Labute approximate surface area is 139 Å². The van der Waals surface area contributed by atoms with Gasteiger partial charge < -0.3 is 14.6 Å². The van der Waals surface area contributed by atoms with Crippen molar-refractivity contribution in [3.8, 4) is 0 Å². The fraction of sp³-hybridized carbons (Fsp3) is 0.333. The van der Waals surface area contributed by atoms with Crippen LogP contribution in [0.5, 0.6) is 0 Å². The molecule has 0 radical (unpaired) electrons. The smallest absolute Gasteiger partial charge is 0.289 e. The van der Waals surface area contributed by atoms with Gasteiger partial charge in [-0.3, -0.25) is 9.59 Å². The molecular formula is C18H19FN2O3. The molecule has 0 atom stereocenters. The Morgan fingerprint density at radius 2 is 1.83 bits per heavy atom. The molecule has 0 unspecified atom stereocenters. The van der Waals surface area contributed by atoms with Gasteiger partial charge in [0.15, 0.2) is 11.4 Å². The van der Waals surface area contributed by atoms with E-state index in [4.69, 9.17) is 4.42 Å². The summed E-state index contributed by atoms with van der Waals surface area (Å²) in [5.41, 5.74) is -1.02. The van der Waals surface area contributed by atoms with E-state index < -0.39 is 11.6 Å². The van der Waals surface area contributed by atoms with Gasteiger partial charge in [-0.25, -0.2) is 4.39 Å². The maximum Gasteiger partial charge on any atom is 0.289 e. The minimum Gasteiger partial charge on any atom is -0.459 e. The first-order chi connectivity index (χ1) is 11.6. The quantitative estimate of drug-likeness (QED) is 0.937. The van der Waals surface area contributed by atoms with Crippen molar-refractivity contribution in [2.75, 3.05) is 13.1 Å². The molecule has 0 spiro atoms. The highest BCUT2D eigenvalue weighted by Crippen LogP contribution is 2.28. The lowest BCUT2D eigenvalue weighted by Gasteiger charge is -2.35. The van der Waals surface area contributed by atoms with Crippen LogP contribution in [0.1, 0.15) is 29.0 Å². The van der Waals surface area contributed by atoms with Gasteiger partial charge in [0.1, 0.15) is 0 Å². The van der Waals surface area contributed by atoms with Crippen molar-refractivity contribution < 1.29 is 18.4 Å². The van der Waals surface area contributed by atoms with Crippen LogP contribution in [0.2, 0.25) is 0 Å². The molecule has 5 nitrogen and oxygen atoms in total. The number of nitrogens with zero attached hydrogens (tertiary/aromatic N) is 1. The third-order valence-electron chi connectivity index (χ3n) is 4.28. The SMILES string of the molecule is O=C(c1ccco1)N1CCC(F)(C(=O)NCc2ccccc2)CC1. The minimum atomic E-state index is -1.94. The maximum absolute atomic E-state index is 14.9. The zero-order valence-electron chi connectivity index (χ0n) is 13.2. The highest BCUT2D eigenvalue weighted by molar-refractivity contribution is 5.92. The highest BCUT2D eigenvalue weighted by Gasteiger charge is 2.42. The largest absolute Gasteiger partial charge is 0.459 e. The van der Waals surface area contributed by atoms with E-state index in [9.17, 15) is 14.0 Å².